The van der Waals surface area contributed by atoms with Gasteiger partial charge in [0.15, 0.2) is 0 Å². The first kappa shape index (κ1) is 13.6. The molecule has 0 aromatic heterocycles. The number of ether oxygens (including phenoxy) is 1. The highest BCUT2D eigenvalue weighted by molar-refractivity contribution is 8.07. The van der Waals surface area contributed by atoms with Crippen LogP contribution in [0.15, 0.2) is 0 Å². The standard InChI is InChI=1S/C14H24N2O2S/c1-9-7-14(12-8-19-12,18-13(15)17)10-5-3-4-6-11(10)16(9)2/h9-12H,3-8H2,1-2H3,(H2,15,17). The second-order valence-electron chi connectivity index (χ2n) is 6.37. The van der Waals surface area contributed by atoms with Crippen LogP contribution in [0, 0.1) is 5.92 Å². The third kappa shape index (κ3) is 2.25. The third-order valence-electron chi connectivity index (χ3n) is 5.36. The molecule has 3 fully saturated rings. The molecule has 1 saturated carbocycles. The quantitative estimate of drug-likeness (QED) is 0.790. The number of carbonyl (C=O) groups is 1. The Hall–Kier alpha value is -0.420. The fourth-order valence-electron chi connectivity index (χ4n) is 4.32. The Morgan fingerprint density at radius 1 is 1.42 bits per heavy atom. The maximum absolute atomic E-state index is 11.4. The summed E-state index contributed by atoms with van der Waals surface area (Å²) in [5.74, 6) is 1.59. The first-order valence-corrected chi connectivity index (χ1v) is 8.41. The predicted octanol–water partition coefficient (Wildman–Crippen LogP) is 2.22. The molecule has 2 aliphatic heterocycles. The third-order valence-corrected chi connectivity index (χ3v) is 6.42. The van der Waals surface area contributed by atoms with Crippen molar-refractivity contribution in [2.75, 3.05) is 12.8 Å². The van der Waals surface area contributed by atoms with Gasteiger partial charge in [0.2, 0.25) is 0 Å². The van der Waals surface area contributed by atoms with Gasteiger partial charge in [0.25, 0.3) is 0 Å². The highest BCUT2D eigenvalue weighted by Crippen LogP contribution is 2.54. The molecule has 5 atom stereocenters. The minimum absolute atomic E-state index is 0.298. The molecule has 2 N–H and O–H groups in total. The first-order chi connectivity index (χ1) is 9.04. The Balaban J connectivity index is 1.93. The van der Waals surface area contributed by atoms with Crippen LogP contribution in [-0.2, 0) is 4.74 Å². The second-order valence-corrected chi connectivity index (χ2v) is 7.61. The van der Waals surface area contributed by atoms with Crippen molar-refractivity contribution in [3.63, 3.8) is 0 Å². The normalized spacial score (nSPS) is 46.4. The zero-order valence-corrected chi connectivity index (χ0v) is 12.6. The van der Waals surface area contributed by atoms with Crippen LogP contribution in [0.4, 0.5) is 4.79 Å². The van der Waals surface area contributed by atoms with Gasteiger partial charge in [0.05, 0.1) is 5.25 Å². The number of rotatable bonds is 2. The number of primary amides is 1. The summed E-state index contributed by atoms with van der Waals surface area (Å²) in [4.78, 5) is 13.9. The largest absolute Gasteiger partial charge is 0.441 e. The molecular formula is C14H24N2O2S. The van der Waals surface area contributed by atoms with E-state index in [1.54, 1.807) is 0 Å². The molecule has 3 rings (SSSR count). The molecule has 1 aliphatic carbocycles. The Bertz CT molecular complexity index is 374. The highest BCUT2D eigenvalue weighted by Gasteiger charge is 2.60. The van der Waals surface area contributed by atoms with E-state index < -0.39 is 6.09 Å². The number of hydrogen-bond acceptors (Lipinski definition) is 4. The molecule has 5 heteroatoms. The first-order valence-electron chi connectivity index (χ1n) is 7.36. The summed E-state index contributed by atoms with van der Waals surface area (Å²) >= 11 is 1.92. The number of thioether (sulfide) groups is 1. The molecule has 108 valence electrons. The van der Waals surface area contributed by atoms with E-state index in [0.29, 0.717) is 23.3 Å². The fraction of sp³-hybridized carbons (Fsp3) is 0.929. The van der Waals surface area contributed by atoms with Crippen molar-refractivity contribution in [1.82, 2.24) is 4.90 Å². The molecule has 4 nitrogen and oxygen atoms in total. The van der Waals surface area contributed by atoms with Crippen molar-refractivity contribution < 1.29 is 9.53 Å². The van der Waals surface area contributed by atoms with Gasteiger partial charge < -0.3 is 15.4 Å². The summed E-state index contributed by atoms with van der Waals surface area (Å²) < 4.78 is 5.78. The summed E-state index contributed by atoms with van der Waals surface area (Å²) in [6.45, 7) is 2.25. The topological polar surface area (TPSA) is 55.6 Å². The molecule has 0 radical (unpaired) electrons. The van der Waals surface area contributed by atoms with Gasteiger partial charge >= 0.3 is 6.09 Å². The lowest BCUT2D eigenvalue weighted by Crippen LogP contribution is -2.64. The van der Waals surface area contributed by atoms with Crippen molar-refractivity contribution in [3.05, 3.63) is 0 Å². The van der Waals surface area contributed by atoms with E-state index >= 15 is 0 Å². The summed E-state index contributed by atoms with van der Waals surface area (Å²) in [7, 11) is 2.22. The molecule has 5 unspecified atom stereocenters. The summed E-state index contributed by atoms with van der Waals surface area (Å²) in [6.07, 6.45) is 5.30. The van der Waals surface area contributed by atoms with Crippen LogP contribution in [0.25, 0.3) is 0 Å². The number of fused-ring (bicyclic) bond motifs is 1. The summed E-state index contributed by atoms with van der Waals surface area (Å²) in [5, 5.41) is 0.474. The molecule has 2 saturated heterocycles. The maximum atomic E-state index is 11.4. The molecule has 1 amide bonds. The van der Waals surface area contributed by atoms with E-state index in [2.05, 4.69) is 18.9 Å². The SMILES string of the molecule is CC1CC(OC(N)=O)(C2CS2)C2CCCCC2N1C. The number of carbonyl (C=O) groups excluding carboxylic acids is 1. The highest BCUT2D eigenvalue weighted by atomic mass is 32.2. The van der Waals surface area contributed by atoms with Gasteiger partial charge in [-0.25, -0.2) is 4.79 Å². The van der Waals surface area contributed by atoms with Crippen molar-refractivity contribution >= 4 is 17.9 Å². The Kier molecular flexibility index (Phi) is 3.46. The van der Waals surface area contributed by atoms with E-state index in [1.165, 1.54) is 25.7 Å². The Morgan fingerprint density at radius 2 is 2.11 bits per heavy atom. The van der Waals surface area contributed by atoms with E-state index in [0.717, 1.165) is 12.2 Å². The predicted molar refractivity (Wildman–Crippen MR) is 77.2 cm³/mol. The number of nitrogens with zero attached hydrogens (tertiary/aromatic N) is 1. The molecule has 0 aromatic rings. The monoisotopic (exact) mass is 284 g/mol. The molecule has 2 heterocycles. The van der Waals surface area contributed by atoms with Crippen LogP contribution in [0.5, 0.6) is 0 Å². The molecule has 19 heavy (non-hydrogen) atoms. The Labute approximate surface area is 119 Å². The van der Waals surface area contributed by atoms with Gasteiger partial charge in [-0.15, -0.1) is 0 Å². The zero-order chi connectivity index (χ0) is 13.6. The molecule has 0 bridgehead atoms. The molecular weight excluding hydrogens is 260 g/mol. The van der Waals surface area contributed by atoms with Gasteiger partial charge in [-0.05, 0) is 26.8 Å². The average Bonchev–Trinajstić information content (AvgIpc) is 3.19. The van der Waals surface area contributed by atoms with Crippen molar-refractivity contribution in [2.45, 2.75) is 62.0 Å². The van der Waals surface area contributed by atoms with Crippen molar-refractivity contribution in [2.24, 2.45) is 11.7 Å². The zero-order valence-electron chi connectivity index (χ0n) is 11.8. The van der Waals surface area contributed by atoms with Crippen LogP contribution < -0.4 is 5.73 Å². The van der Waals surface area contributed by atoms with E-state index in [-0.39, 0.29) is 5.60 Å². The minimum atomic E-state index is -0.589. The van der Waals surface area contributed by atoms with Gasteiger partial charge in [0.1, 0.15) is 5.60 Å². The number of amides is 1. The summed E-state index contributed by atoms with van der Waals surface area (Å²) in [5.41, 5.74) is 5.09. The molecule has 0 spiro atoms. The molecule has 0 aromatic carbocycles. The molecule has 3 aliphatic rings. The van der Waals surface area contributed by atoms with E-state index in [1.807, 2.05) is 11.8 Å². The second kappa shape index (κ2) is 4.85. The number of likely N-dealkylation sites (tertiary alicyclic amines) is 1. The number of piperidine rings is 1. The Morgan fingerprint density at radius 3 is 2.74 bits per heavy atom. The van der Waals surface area contributed by atoms with Crippen LogP contribution in [0.2, 0.25) is 0 Å². The lowest BCUT2D eigenvalue weighted by molar-refractivity contribution is -0.122. The lowest BCUT2D eigenvalue weighted by atomic mass is 9.66. The minimum Gasteiger partial charge on any atom is -0.441 e. The van der Waals surface area contributed by atoms with Gasteiger partial charge in [-0.1, -0.05) is 12.8 Å². The number of hydrogen-bond donors (Lipinski definition) is 1. The van der Waals surface area contributed by atoms with Crippen molar-refractivity contribution in [3.8, 4) is 0 Å². The maximum Gasteiger partial charge on any atom is 0.405 e. The van der Waals surface area contributed by atoms with E-state index in [4.69, 9.17) is 10.5 Å². The van der Waals surface area contributed by atoms with Crippen molar-refractivity contribution in [1.29, 1.82) is 0 Å². The van der Waals surface area contributed by atoms with Crippen LogP contribution in [-0.4, -0.2) is 46.7 Å². The van der Waals surface area contributed by atoms with Gasteiger partial charge in [-0.3, -0.25) is 0 Å². The lowest BCUT2D eigenvalue weighted by Gasteiger charge is -2.55. The van der Waals surface area contributed by atoms with Crippen LogP contribution in [0.1, 0.15) is 39.0 Å². The van der Waals surface area contributed by atoms with Crippen LogP contribution >= 0.6 is 11.8 Å². The summed E-state index contributed by atoms with van der Waals surface area (Å²) in [6, 6.07) is 1.01. The van der Waals surface area contributed by atoms with Gasteiger partial charge in [-0.2, -0.15) is 11.8 Å². The fourth-order valence-corrected chi connectivity index (χ4v) is 5.30. The number of nitrogens with two attached hydrogens (primary N) is 1. The van der Waals surface area contributed by atoms with Crippen LogP contribution in [0.3, 0.4) is 0 Å². The van der Waals surface area contributed by atoms with E-state index in [9.17, 15) is 4.79 Å². The average molecular weight is 284 g/mol. The smallest absolute Gasteiger partial charge is 0.405 e. The van der Waals surface area contributed by atoms with Gasteiger partial charge in [0, 0.05) is 30.2 Å².